The molecule has 2 aromatic rings. The predicted molar refractivity (Wildman–Crippen MR) is 123 cm³/mol. The van der Waals surface area contributed by atoms with Crippen LogP contribution in [-0.4, -0.2) is 58.3 Å². The van der Waals surface area contributed by atoms with Gasteiger partial charge in [-0.2, -0.15) is 0 Å². The summed E-state index contributed by atoms with van der Waals surface area (Å²) in [6.45, 7) is 3.84. The first-order valence-electron chi connectivity index (χ1n) is 11.2. The van der Waals surface area contributed by atoms with Gasteiger partial charge in [0.25, 0.3) is 0 Å². The number of anilines is 2. The van der Waals surface area contributed by atoms with Crippen molar-refractivity contribution in [3.05, 3.63) is 23.5 Å². The monoisotopic (exact) mass is 445 g/mol. The molecule has 31 heavy (non-hydrogen) atoms. The van der Waals surface area contributed by atoms with Crippen LogP contribution in [0.3, 0.4) is 0 Å². The SMILES string of the molecule is COCC(C)NC1CCC(Nc2ncc(Cl)c(-c3nccc(NCC4CC4)n3)n2)CC1. The maximum atomic E-state index is 6.38. The second kappa shape index (κ2) is 10.5. The van der Waals surface area contributed by atoms with Crippen LogP contribution in [0.15, 0.2) is 18.5 Å². The Hall–Kier alpha value is -2.03. The molecule has 2 aromatic heterocycles. The quantitative estimate of drug-likeness (QED) is 0.508. The third kappa shape index (κ3) is 6.48. The van der Waals surface area contributed by atoms with Crippen molar-refractivity contribution in [3.63, 3.8) is 0 Å². The van der Waals surface area contributed by atoms with E-state index in [0.717, 1.165) is 50.6 Å². The topological polar surface area (TPSA) is 96.9 Å². The van der Waals surface area contributed by atoms with Gasteiger partial charge in [-0.05, 0) is 57.4 Å². The number of aromatic nitrogens is 4. The maximum Gasteiger partial charge on any atom is 0.223 e. The van der Waals surface area contributed by atoms with Crippen molar-refractivity contribution in [3.8, 4) is 11.5 Å². The summed E-state index contributed by atoms with van der Waals surface area (Å²) < 4.78 is 5.22. The molecule has 1 atom stereocenters. The lowest BCUT2D eigenvalue weighted by molar-refractivity contribution is 0.161. The van der Waals surface area contributed by atoms with E-state index in [1.807, 2.05) is 6.07 Å². The molecule has 0 aromatic carbocycles. The fourth-order valence-electron chi connectivity index (χ4n) is 4.02. The van der Waals surface area contributed by atoms with Crippen LogP contribution >= 0.6 is 11.6 Å². The van der Waals surface area contributed by atoms with Crippen LogP contribution in [0.1, 0.15) is 45.4 Å². The molecule has 4 rings (SSSR count). The number of rotatable bonds is 10. The molecule has 168 valence electrons. The molecule has 0 saturated heterocycles. The Balaban J connectivity index is 1.35. The molecule has 0 radical (unpaired) electrons. The summed E-state index contributed by atoms with van der Waals surface area (Å²) in [6.07, 6.45) is 10.3. The molecule has 2 saturated carbocycles. The number of ether oxygens (including phenoxy) is 1. The molecule has 8 nitrogen and oxygen atoms in total. The minimum absolute atomic E-state index is 0.345. The highest BCUT2D eigenvalue weighted by molar-refractivity contribution is 6.32. The van der Waals surface area contributed by atoms with E-state index in [1.165, 1.54) is 12.8 Å². The van der Waals surface area contributed by atoms with E-state index in [-0.39, 0.29) is 0 Å². The zero-order valence-corrected chi connectivity index (χ0v) is 19.0. The molecular weight excluding hydrogens is 414 g/mol. The van der Waals surface area contributed by atoms with Gasteiger partial charge in [0, 0.05) is 38.0 Å². The van der Waals surface area contributed by atoms with Crippen LogP contribution < -0.4 is 16.0 Å². The Bertz CT molecular complexity index is 856. The van der Waals surface area contributed by atoms with Gasteiger partial charge in [0.1, 0.15) is 11.5 Å². The van der Waals surface area contributed by atoms with E-state index in [4.69, 9.17) is 16.3 Å². The van der Waals surface area contributed by atoms with Crippen LogP contribution in [0, 0.1) is 5.92 Å². The van der Waals surface area contributed by atoms with E-state index in [9.17, 15) is 0 Å². The molecule has 2 aliphatic rings. The lowest BCUT2D eigenvalue weighted by atomic mass is 9.91. The zero-order valence-electron chi connectivity index (χ0n) is 18.3. The molecule has 2 heterocycles. The van der Waals surface area contributed by atoms with Crippen molar-refractivity contribution in [2.45, 2.75) is 63.6 Å². The summed E-state index contributed by atoms with van der Waals surface area (Å²) in [4.78, 5) is 18.0. The van der Waals surface area contributed by atoms with Crippen molar-refractivity contribution < 1.29 is 4.74 Å². The van der Waals surface area contributed by atoms with Gasteiger partial charge in [-0.3, -0.25) is 0 Å². The normalized spacial score (nSPS) is 22.2. The summed E-state index contributed by atoms with van der Waals surface area (Å²) in [5.41, 5.74) is 0.554. The highest BCUT2D eigenvalue weighted by Gasteiger charge is 2.23. The van der Waals surface area contributed by atoms with Crippen LogP contribution in [-0.2, 0) is 4.74 Å². The average molecular weight is 446 g/mol. The summed E-state index contributed by atoms with van der Waals surface area (Å²) >= 11 is 6.38. The molecule has 2 fully saturated rings. The van der Waals surface area contributed by atoms with Crippen LogP contribution in [0.2, 0.25) is 5.02 Å². The van der Waals surface area contributed by atoms with Gasteiger partial charge in [-0.1, -0.05) is 11.6 Å². The Morgan fingerprint density at radius 3 is 2.61 bits per heavy atom. The first-order valence-corrected chi connectivity index (χ1v) is 11.6. The molecule has 1 unspecified atom stereocenters. The number of hydrogen-bond acceptors (Lipinski definition) is 8. The largest absolute Gasteiger partial charge is 0.383 e. The van der Waals surface area contributed by atoms with E-state index in [2.05, 4.69) is 42.8 Å². The standard InChI is InChI=1S/C22H32ClN7O/c1-14(13-31-2)27-16-5-7-17(8-6-16)28-22-26-12-18(23)20(30-22)21-24-10-9-19(29-21)25-11-15-3-4-15/h9-10,12,14-17,27H,3-8,11,13H2,1-2H3,(H,24,25,29)(H,26,28,30). The summed E-state index contributed by atoms with van der Waals surface area (Å²) in [6, 6.07) is 3.12. The van der Waals surface area contributed by atoms with E-state index in [0.29, 0.717) is 40.6 Å². The minimum atomic E-state index is 0.345. The second-order valence-corrected chi connectivity index (χ2v) is 9.10. The number of halogens is 1. The Morgan fingerprint density at radius 1 is 1.10 bits per heavy atom. The van der Waals surface area contributed by atoms with E-state index in [1.54, 1.807) is 19.5 Å². The van der Waals surface area contributed by atoms with E-state index >= 15 is 0 Å². The van der Waals surface area contributed by atoms with Crippen molar-refractivity contribution in [1.82, 2.24) is 25.3 Å². The number of nitrogens with one attached hydrogen (secondary N) is 3. The Kier molecular flexibility index (Phi) is 7.53. The van der Waals surface area contributed by atoms with Gasteiger partial charge in [0.15, 0.2) is 5.82 Å². The zero-order chi connectivity index (χ0) is 21.6. The number of hydrogen-bond donors (Lipinski definition) is 3. The summed E-state index contributed by atoms with van der Waals surface area (Å²) in [5, 5.41) is 10.9. The van der Waals surface area contributed by atoms with Gasteiger partial charge in [0.05, 0.1) is 17.8 Å². The van der Waals surface area contributed by atoms with Crippen LogP contribution in [0.25, 0.3) is 11.5 Å². The lowest BCUT2D eigenvalue weighted by Crippen LogP contribution is -2.43. The molecule has 2 aliphatic carbocycles. The lowest BCUT2D eigenvalue weighted by Gasteiger charge is -2.31. The fourth-order valence-corrected chi connectivity index (χ4v) is 4.20. The van der Waals surface area contributed by atoms with Crippen LogP contribution in [0.5, 0.6) is 0 Å². The summed E-state index contributed by atoms with van der Waals surface area (Å²) in [5.74, 6) is 2.65. The first-order chi connectivity index (χ1) is 15.1. The minimum Gasteiger partial charge on any atom is -0.383 e. The molecule has 0 amide bonds. The Morgan fingerprint density at radius 2 is 1.87 bits per heavy atom. The Labute approximate surface area is 189 Å². The smallest absolute Gasteiger partial charge is 0.223 e. The predicted octanol–water partition coefficient (Wildman–Crippen LogP) is 3.76. The maximum absolute atomic E-state index is 6.38. The van der Waals surface area contributed by atoms with Gasteiger partial charge in [-0.15, -0.1) is 0 Å². The van der Waals surface area contributed by atoms with Gasteiger partial charge >= 0.3 is 0 Å². The van der Waals surface area contributed by atoms with Crippen LogP contribution in [0.4, 0.5) is 11.8 Å². The van der Waals surface area contributed by atoms with Crippen molar-refractivity contribution in [2.75, 3.05) is 30.9 Å². The third-order valence-corrected chi connectivity index (χ3v) is 6.15. The first kappa shape index (κ1) is 22.2. The molecule has 0 spiro atoms. The molecule has 0 bridgehead atoms. The highest BCUT2D eigenvalue weighted by atomic mass is 35.5. The fraction of sp³-hybridized carbons (Fsp3) is 0.636. The van der Waals surface area contributed by atoms with Crippen molar-refractivity contribution >= 4 is 23.4 Å². The molecular formula is C22H32ClN7O. The number of nitrogens with zero attached hydrogens (tertiary/aromatic N) is 4. The third-order valence-electron chi connectivity index (χ3n) is 5.88. The van der Waals surface area contributed by atoms with Crippen molar-refractivity contribution in [1.29, 1.82) is 0 Å². The van der Waals surface area contributed by atoms with E-state index < -0.39 is 0 Å². The van der Waals surface area contributed by atoms with Gasteiger partial charge in [0.2, 0.25) is 5.95 Å². The van der Waals surface area contributed by atoms with Crippen molar-refractivity contribution in [2.24, 2.45) is 5.92 Å². The highest BCUT2D eigenvalue weighted by Crippen LogP contribution is 2.29. The molecule has 3 N–H and O–H groups in total. The van der Waals surface area contributed by atoms with Gasteiger partial charge < -0.3 is 20.7 Å². The number of methoxy groups -OCH3 is 1. The average Bonchev–Trinajstić information content (AvgIpc) is 3.60. The molecule has 0 aliphatic heterocycles. The summed E-state index contributed by atoms with van der Waals surface area (Å²) in [7, 11) is 1.74. The van der Waals surface area contributed by atoms with Gasteiger partial charge in [-0.25, -0.2) is 19.9 Å². The molecule has 9 heteroatoms. The second-order valence-electron chi connectivity index (χ2n) is 8.70.